The number of thiophene rings is 2. The Hall–Kier alpha value is -1.38. The molecule has 0 aliphatic heterocycles. The van der Waals surface area contributed by atoms with Crippen molar-refractivity contribution < 1.29 is 0 Å². The van der Waals surface area contributed by atoms with Crippen LogP contribution in [0.3, 0.4) is 0 Å². The van der Waals surface area contributed by atoms with Crippen LogP contribution >= 0.6 is 22.7 Å². The smallest absolute Gasteiger partial charge is 0.0424 e. The van der Waals surface area contributed by atoms with Crippen LogP contribution in [0.15, 0.2) is 36.4 Å². The summed E-state index contributed by atoms with van der Waals surface area (Å²) in [4.78, 5) is 2.93. The van der Waals surface area contributed by atoms with Crippen molar-refractivity contribution in [3.8, 4) is 0 Å². The summed E-state index contributed by atoms with van der Waals surface area (Å²) in [5.41, 5.74) is 0.422. The lowest BCUT2D eigenvalue weighted by molar-refractivity contribution is 0.604. The SMILES string of the molecule is CC(C)(C)c1cc2ccc3c(ccc4cc(C(C)(C)C)sc43)c2s1. The molecule has 0 atom stereocenters. The van der Waals surface area contributed by atoms with Gasteiger partial charge < -0.3 is 0 Å². The molecule has 0 saturated carbocycles. The predicted octanol–water partition coefficient (Wildman–Crippen LogP) is 7.86. The highest BCUT2D eigenvalue weighted by atomic mass is 32.1. The van der Waals surface area contributed by atoms with E-state index >= 15 is 0 Å². The zero-order valence-corrected chi connectivity index (χ0v) is 16.9. The van der Waals surface area contributed by atoms with Gasteiger partial charge in [0.15, 0.2) is 0 Å². The van der Waals surface area contributed by atoms with Crippen molar-refractivity contribution in [2.75, 3.05) is 0 Å². The summed E-state index contributed by atoms with van der Waals surface area (Å²) in [6, 6.07) is 14.0. The highest BCUT2D eigenvalue weighted by Crippen LogP contribution is 2.42. The minimum absolute atomic E-state index is 0.211. The molecule has 2 aromatic carbocycles. The normalized spacial score (nSPS) is 13.4. The molecule has 0 spiro atoms. The van der Waals surface area contributed by atoms with Gasteiger partial charge in [0.2, 0.25) is 0 Å². The van der Waals surface area contributed by atoms with Gasteiger partial charge in [-0.2, -0.15) is 0 Å². The quantitative estimate of drug-likeness (QED) is 0.302. The van der Waals surface area contributed by atoms with Crippen LogP contribution in [0.2, 0.25) is 0 Å². The lowest BCUT2D eigenvalue weighted by Gasteiger charge is -2.15. The summed E-state index contributed by atoms with van der Waals surface area (Å²) in [5.74, 6) is 0. The fourth-order valence-electron chi connectivity index (χ4n) is 3.14. The summed E-state index contributed by atoms with van der Waals surface area (Å²) in [6.45, 7) is 13.8. The van der Waals surface area contributed by atoms with E-state index in [0.29, 0.717) is 0 Å². The van der Waals surface area contributed by atoms with Crippen molar-refractivity contribution in [3.05, 3.63) is 46.2 Å². The Morgan fingerprint density at radius 2 is 0.958 bits per heavy atom. The summed E-state index contributed by atoms with van der Waals surface area (Å²) >= 11 is 3.92. The average Bonchev–Trinajstić information content (AvgIpc) is 3.09. The van der Waals surface area contributed by atoms with Crippen molar-refractivity contribution in [1.29, 1.82) is 0 Å². The zero-order valence-electron chi connectivity index (χ0n) is 15.3. The average molecular weight is 353 g/mol. The summed E-state index contributed by atoms with van der Waals surface area (Å²) in [6.07, 6.45) is 0. The molecule has 0 nitrogen and oxygen atoms in total. The third-order valence-corrected chi connectivity index (χ3v) is 7.86. The first-order valence-corrected chi connectivity index (χ1v) is 10.2. The number of fused-ring (bicyclic) bond motifs is 5. The van der Waals surface area contributed by atoms with Crippen LogP contribution in [0.5, 0.6) is 0 Å². The van der Waals surface area contributed by atoms with E-state index in [-0.39, 0.29) is 10.8 Å². The van der Waals surface area contributed by atoms with Gasteiger partial charge in [-0.15, -0.1) is 22.7 Å². The zero-order chi connectivity index (χ0) is 17.3. The fraction of sp³-hybridized carbons (Fsp3) is 0.364. The number of hydrogen-bond acceptors (Lipinski definition) is 2. The van der Waals surface area contributed by atoms with E-state index in [1.54, 1.807) is 0 Å². The second-order valence-electron chi connectivity index (χ2n) is 8.78. The Balaban J connectivity index is 2.05. The molecule has 0 radical (unpaired) electrons. The fourth-order valence-corrected chi connectivity index (χ4v) is 5.63. The van der Waals surface area contributed by atoms with Gasteiger partial charge in [-0.05, 0) is 33.7 Å². The first kappa shape index (κ1) is 16.1. The molecule has 0 unspecified atom stereocenters. The van der Waals surface area contributed by atoms with Crippen LogP contribution in [-0.4, -0.2) is 0 Å². The number of benzene rings is 2. The molecule has 2 heterocycles. The Morgan fingerprint density at radius 3 is 1.29 bits per heavy atom. The van der Waals surface area contributed by atoms with Crippen LogP contribution in [0, 0.1) is 0 Å². The van der Waals surface area contributed by atoms with Crippen molar-refractivity contribution in [2.45, 2.75) is 52.4 Å². The molecular weight excluding hydrogens is 328 g/mol. The lowest BCUT2D eigenvalue weighted by Crippen LogP contribution is -2.07. The highest BCUT2D eigenvalue weighted by Gasteiger charge is 2.20. The first-order valence-electron chi connectivity index (χ1n) is 8.54. The third kappa shape index (κ3) is 2.48. The Morgan fingerprint density at radius 1 is 0.583 bits per heavy atom. The van der Waals surface area contributed by atoms with E-state index in [9.17, 15) is 0 Å². The Kier molecular flexibility index (Phi) is 3.40. The van der Waals surface area contributed by atoms with Crippen molar-refractivity contribution >= 4 is 53.6 Å². The molecule has 0 N–H and O–H groups in total. The van der Waals surface area contributed by atoms with Gasteiger partial charge in [-0.3, -0.25) is 0 Å². The van der Waals surface area contributed by atoms with Gasteiger partial charge in [0.25, 0.3) is 0 Å². The molecule has 0 saturated heterocycles. The molecular formula is C22H24S2. The van der Waals surface area contributed by atoms with Crippen LogP contribution in [0.1, 0.15) is 51.3 Å². The molecule has 2 heteroatoms. The van der Waals surface area contributed by atoms with E-state index in [0.717, 1.165) is 0 Å². The third-order valence-electron chi connectivity index (χ3n) is 4.64. The second kappa shape index (κ2) is 5.06. The van der Waals surface area contributed by atoms with Crippen LogP contribution in [0.4, 0.5) is 0 Å². The van der Waals surface area contributed by atoms with Gasteiger partial charge >= 0.3 is 0 Å². The van der Waals surface area contributed by atoms with Crippen LogP contribution in [0.25, 0.3) is 30.9 Å². The van der Waals surface area contributed by atoms with Crippen molar-refractivity contribution in [3.63, 3.8) is 0 Å². The maximum Gasteiger partial charge on any atom is 0.0424 e. The molecule has 124 valence electrons. The first-order chi connectivity index (χ1) is 11.1. The largest absolute Gasteiger partial charge is 0.139 e. The molecule has 0 aliphatic carbocycles. The molecule has 0 amide bonds. The van der Waals surface area contributed by atoms with E-state index in [1.807, 2.05) is 22.7 Å². The van der Waals surface area contributed by atoms with E-state index < -0.39 is 0 Å². The molecule has 4 aromatic rings. The van der Waals surface area contributed by atoms with Crippen molar-refractivity contribution in [2.24, 2.45) is 0 Å². The molecule has 2 aromatic heterocycles. The van der Waals surface area contributed by atoms with Crippen LogP contribution < -0.4 is 0 Å². The lowest BCUT2D eigenvalue weighted by atomic mass is 9.94. The van der Waals surface area contributed by atoms with Crippen molar-refractivity contribution in [1.82, 2.24) is 0 Å². The molecule has 24 heavy (non-hydrogen) atoms. The van der Waals surface area contributed by atoms with Gasteiger partial charge in [0.05, 0.1) is 0 Å². The topological polar surface area (TPSA) is 0 Å². The molecule has 0 fully saturated rings. The minimum Gasteiger partial charge on any atom is -0.139 e. The summed E-state index contributed by atoms with van der Waals surface area (Å²) < 4.78 is 2.87. The maximum atomic E-state index is 2.37. The number of hydrogen-bond donors (Lipinski definition) is 0. The standard InChI is InChI=1S/C22H24S2/c1-21(2,3)17-11-13-7-9-16-15(19(13)23-17)10-8-14-12-18(22(4,5)6)24-20(14)16/h7-12H,1-6H3. The Labute approximate surface area is 152 Å². The monoisotopic (exact) mass is 352 g/mol. The minimum atomic E-state index is 0.211. The number of rotatable bonds is 0. The highest BCUT2D eigenvalue weighted by molar-refractivity contribution is 7.21. The maximum absolute atomic E-state index is 2.37. The Bertz CT molecular complexity index is 975. The van der Waals surface area contributed by atoms with E-state index in [4.69, 9.17) is 0 Å². The summed E-state index contributed by atoms with van der Waals surface area (Å²) in [5, 5.41) is 5.57. The van der Waals surface area contributed by atoms with Gasteiger partial charge in [0, 0.05) is 29.9 Å². The molecule has 0 bridgehead atoms. The predicted molar refractivity (Wildman–Crippen MR) is 112 cm³/mol. The summed E-state index contributed by atoms with van der Waals surface area (Å²) in [7, 11) is 0. The van der Waals surface area contributed by atoms with Gasteiger partial charge in [-0.25, -0.2) is 0 Å². The van der Waals surface area contributed by atoms with E-state index in [2.05, 4.69) is 77.9 Å². The van der Waals surface area contributed by atoms with Gasteiger partial charge in [0.1, 0.15) is 0 Å². The molecule has 0 aliphatic rings. The van der Waals surface area contributed by atoms with Crippen LogP contribution in [-0.2, 0) is 10.8 Å². The van der Waals surface area contributed by atoms with Gasteiger partial charge in [-0.1, -0.05) is 65.8 Å². The molecule has 4 rings (SSSR count). The second-order valence-corrected chi connectivity index (χ2v) is 10.9. The van der Waals surface area contributed by atoms with E-state index in [1.165, 1.54) is 40.7 Å².